The summed E-state index contributed by atoms with van der Waals surface area (Å²) in [7, 11) is 1.60. The lowest BCUT2D eigenvalue weighted by Gasteiger charge is -2.27. The van der Waals surface area contributed by atoms with E-state index in [0.29, 0.717) is 22.9 Å². The number of nitrogen functional groups attached to an aromatic ring is 1. The Labute approximate surface area is 129 Å². The fourth-order valence-corrected chi connectivity index (χ4v) is 2.84. The highest BCUT2D eigenvalue weighted by Gasteiger charge is 2.21. The molecule has 112 valence electrons. The van der Waals surface area contributed by atoms with Gasteiger partial charge < -0.3 is 15.4 Å². The second kappa shape index (κ2) is 6.63. The van der Waals surface area contributed by atoms with Gasteiger partial charge >= 0.3 is 0 Å². The van der Waals surface area contributed by atoms with Crippen molar-refractivity contribution in [1.29, 1.82) is 0 Å². The molecule has 5 heteroatoms. The standard InChI is InChI=1S/C16H20N2O2S/c1-11(2)18(9-12-6-4-5-7-14(12)17)16(19)15-8-13(20-3)10-21-15/h4-8,10-11H,9,17H2,1-3H3. The third-order valence-corrected chi connectivity index (χ3v) is 4.20. The third kappa shape index (κ3) is 3.55. The second-order valence-electron chi connectivity index (χ2n) is 5.08. The molecule has 0 unspecified atom stereocenters. The quantitative estimate of drug-likeness (QED) is 0.861. The smallest absolute Gasteiger partial charge is 0.264 e. The molecule has 1 aromatic heterocycles. The Morgan fingerprint density at radius 2 is 2.10 bits per heavy atom. The summed E-state index contributed by atoms with van der Waals surface area (Å²) in [5, 5.41) is 1.84. The van der Waals surface area contributed by atoms with Gasteiger partial charge in [0, 0.05) is 29.7 Å². The van der Waals surface area contributed by atoms with Crippen molar-refractivity contribution in [2.75, 3.05) is 12.8 Å². The summed E-state index contributed by atoms with van der Waals surface area (Å²) in [6.45, 7) is 4.51. The van der Waals surface area contributed by atoms with Crippen molar-refractivity contribution in [3.63, 3.8) is 0 Å². The number of methoxy groups -OCH3 is 1. The van der Waals surface area contributed by atoms with E-state index in [1.54, 1.807) is 13.2 Å². The molecule has 0 radical (unpaired) electrons. The van der Waals surface area contributed by atoms with E-state index >= 15 is 0 Å². The van der Waals surface area contributed by atoms with E-state index in [9.17, 15) is 4.79 Å². The van der Waals surface area contributed by atoms with Crippen molar-refractivity contribution in [3.8, 4) is 5.75 Å². The predicted molar refractivity (Wildman–Crippen MR) is 86.7 cm³/mol. The van der Waals surface area contributed by atoms with Crippen LogP contribution in [0.5, 0.6) is 5.75 Å². The first-order valence-corrected chi connectivity index (χ1v) is 7.67. The van der Waals surface area contributed by atoms with E-state index < -0.39 is 0 Å². The maximum atomic E-state index is 12.7. The summed E-state index contributed by atoms with van der Waals surface area (Å²) in [5.41, 5.74) is 7.65. The summed E-state index contributed by atoms with van der Waals surface area (Å²) in [5.74, 6) is 0.716. The average Bonchev–Trinajstić information content (AvgIpc) is 2.94. The fourth-order valence-electron chi connectivity index (χ4n) is 2.03. The highest BCUT2D eigenvalue weighted by molar-refractivity contribution is 7.12. The van der Waals surface area contributed by atoms with Gasteiger partial charge in [-0.2, -0.15) is 0 Å². The van der Waals surface area contributed by atoms with Gasteiger partial charge in [-0.1, -0.05) is 18.2 Å². The number of anilines is 1. The Balaban J connectivity index is 2.23. The van der Waals surface area contributed by atoms with Crippen LogP contribution in [0, 0.1) is 0 Å². The molecule has 1 amide bonds. The second-order valence-corrected chi connectivity index (χ2v) is 5.99. The van der Waals surface area contributed by atoms with Crippen LogP contribution >= 0.6 is 11.3 Å². The zero-order valence-electron chi connectivity index (χ0n) is 12.5. The number of carbonyl (C=O) groups excluding carboxylic acids is 1. The molecule has 0 aliphatic heterocycles. The number of nitrogens with two attached hydrogens (primary N) is 1. The number of thiophene rings is 1. The van der Waals surface area contributed by atoms with Gasteiger partial charge in [-0.15, -0.1) is 11.3 Å². The van der Waals surface area contributed by atoms with Crippen molar-refractivity contribution in [1.82, 2.24) is 4.90 Å². The molecule has 2 N–H and O–H groups in total. The van der Waals surface area contributed by atoms with Crippen LogP contribution in [0.15, 0.2) is 35.7 Å². The fraction of sp³-hybridized carbons (Fsp3) is 0.312. The van der Waals surface area contributed by atoms with Crippen LogP contribution in [-0.4, -0.2) is 24.0 Å². The lowest BCUT2D eigenvalue weighted by atomic mass is 10.1. The Kier molecular flexibility index (Phi) is 4.85. The van der Waals surface area contributed by atoms with Crippen molar-refractivity contribution in [2.45, 2.75) is 26.4 Å². The third-order valence-electron chi connectivity index (χ3n) is 3.30. The molecule has 2 rings (SSSR count). The normalized spacial score (nSPS) is 10.7. The van der Waals surface area contributed by atoms with Gasteiger partial charge in [0.05, 0.1) is 12.0 Å². The molecule has 4 nitrogen and oxygen atoms in total. The van der Waals surface area contributed by atoms with Gasteiger partial charge in [-0.05, 0) is 25.5 Å². The molecule has 0 aliphatic rings. The maximum Gasteiger partial charge on any atom is 0.264 e. The number of amides is 1. The summed E-state index contributed by atoms with van der Waals surface area (Å²) >= 11 is 1.40. The van der Waals surface area contributed by atoms with Crippen molar-refractivity contribution in [2.24, 2.45) is 0 Å². The van der Waals surface area contributed by atoms with Crippen molar-refractivity contribution >= 4 is 22.9 Å². The van der Waals surface area contributed by atoms with Gasteiger partial charge in [0.25, 0.3) is 5.91 Å². The van der Waals surface area contributed by atoms with Crippen LogP contribution in [0.4, 0.5) is 5.69 Å². The number of benzene rings is 1. The lowest BCUT2D eigenvalue weighted by molar-refractivity contribution is 0.0695. The minimum atomic E-state index is 0.00144. The zero-order chi connectivity index (χ0) is 15.4. The lowest BCUT2D eigenvalue weighted by Crippen LogP contribution is -2.36. The number of hydrogen-bond donors (Lipinski definition) is 1. The van der Waals surface area contributed by atoms with Gasteiger partial charge in [-0.25, -0.2) is 0 Å². The minimum Gasteiger partial charge on any atom is -0.496 e. The number of para-hydroxylation sites is 1. The first kappa shape index (κ1) is 15.4. The van der Waals surface area contributed by atoms with E-state index in [0.717, 1.165) is 5.56 Å². The Morgan fingerprint density at radius 3 is 2.67 bits per heavy atom. The molecule has 1 heterocycles. The van der Waals surface area contributed by atoms with Crippen LogP contribution in [0.1, 0.15) is 29.1 Å². The monoisotopic (exact) mass is 304 g/mol. The number of rotatable bonds is 5. The van der Waals surface area contributed by atoms with Crippen LogP contribution in [-0.2, 0) is 6.54 Å². The van der Waals surface area contributed by atoms with E-state index in [1.165, 1.54) is 11.3 Å². The van der Waals surface area contributed by atoms with Gasteiger partial charge in [0.15, 0.2) is 0 Å². The topological polar surface area (TPSA) is 55.6 Å². The number of carbonyl (C=O) groups is 1. The predicted octanol–water partition coefficient (Wildman–Crippen LogP) is 3.39. The Bertz CT molecular complexity index is 622. The van der Waals surface area contributed by atoms with E-state index in [-0.39, 0.29) is 11.9 Å². The molecular weight excluding hydrogens is 284 g/mol. The number of ether oxygens (including phenoxy) is 1. The largest absolute Gasteiger partial charge is 0.496 e. The van der Waals surface area contributed by atoms with Crippen LogP contribution < -0.4 is 10.5 Å². The highest BCUT2D eigenvalue weighted by atomic mass is 32.1. The summed E-state index contributed by atoms with van der Waals surface area (Å²) < 4.78 is 5.14. The van der Waals surface area contributed by atoms with Crippen LogP contribution in [0.25, 0.3) is 0 Å². The molecule has 0 fully saturated rings. The molecule has 0 saturated heterocycles. The number of nitrogens with zero attached hydrogens (tertiary/aromatic N) is 1. The van der Waals surface area contributed by atoms with Crippen molar-refractivity contribution in [3.05, 3.63) is 46.2 Å². The molecule has 21 heavy (non-hydrogen) atoms. The maximum absolute atomic E-state index is 12.7. The van der Waals surface area contributed by atoms with Gasteiger partial charge in [-0.3, -0.25) is 4.79 Å². The van der Waals surface area contributed by atoms with Crippen LogP contribution in [0.3, 0.4) is 0 Å². The van der Waals surface area contributed by atoms with Crippen LogP contribution in [0.2, 0.25) is 0 Å². The summed E-state index contributed by atoms with van der Waals surface area (Å²) in [6, 6.07) is 9.49. The molecule has 1 aromatic carbocycles. The average molecular weight is 304 g/mol. The molecule has 0 atom stereocenters. The van der Waals surface area contributed by atoms with Crippen molar-refractivity contribution < 1.29 is 9.53 Å². The molecule has 0 aliphatic carbocycles. The Hall–Kier alpha value is -2.01. The minimum absolute atomic E-state index is 0.00144. The van der Waals surface area contributed by atoms with E-state index in [2.05, 4.69) is 0 Å². The molecular formula is C16H20N2O2S. The van der Waals surface area contributed by atoms with E-state index in [1.807, 2.05) is 48.4 Å². The first-order valence-electron chi connectivity index (χ1n) is 6.79. The zero-order valence-corrected chi connectivity index (χ0v) is 13.3. The first-order chi connectivity index (χ1) is 10.0. The highest BCUT2D eigenvalue weighted by Crippen LogP contribution is 2.24. The Morgan fingerprint density at radius 1 is 1.38 bits per heavy atom. The number of hydrogen-bond acceptors (Lipinski definition) is 4. The SMILES string of the molecule is COc1csc(C(=O)N(Cc2ccccc2N)C(C)C)c1. The van der Waals surface area contributed by atoms with Gasteiger partial charge in [0.1, 0.15) is 5.75 Å². The molecule has 2 aromatic rings. The molecule has 0 spiro atoms. The van der Waals surface area contributed by atoms with Gasteiger partial charge in [0.2, 0.25) is 0 Å². The summed E-state index contributed by atoms with van der Waals surface area (Å²) in [6.07, 6.45) is 0. The van der Waals surface area contributed by atoms with E-state index in [4.69, 9.17) is 10.5 Å². The summed E-state index contributed by atoms with van der Waals surface area (Å²) in [4.78, 5) is 15.2. The molecule has 0 saturated carbocycles. The molecule has 0 bridgehead atoms.